The van der Waals surface area contributed by atoms with Gasteiger partial charge in [0.25, 0.3) is 6.43 Å². The predicted molar refractivity (Wildman–Crippen MR) is 87.0 cm³/mol. The minimum Gasteiger partial charge on any atom is -0.449 e. The summed E-state index contributed by atoms with van der Waals surface area (Å²) in [4.78, 5) is 16.1. The molecule has 3 rings (SSSR count). The summed E-state index contributed by atoms with van der Waals surface area (Å²) in [6.07, 6.45) is 1.35. The molecule has 1 N–H and O–H groups in total. The molecule has 0 amide bonds. The number of rotatable bonds is 6. The van der Waals surface area contributed by atoms with E-state index in [0.717, 1.165) is 0 Å². The molecule has 1 aromatic heterocycles. The molecule has 1 aromatic rings. The highest BCUT2D eigenvalue weighted by atomic mass is 19.3. The third-order valence-corrected chi connectivity index (χ3v) is 4.97. The zero-order chi connectivity index (χ0) is 18.7. The number of methoxy groups -OCH3 is 1. The van der Waals surface area contributed by atoms with Gasteiger partial charge in [-0.25, -0.2) is 18.6 Å². The van der Waals surface area contributed by atoms with Gasteiger partial charge in [0.1, 0.15) is 0 Å². The van der Waals surface area contributed by atoms with Crippen LogP contribution in [0.1, 0.15) is 31.2 Å². The number of nitrogens with zero attached hydrogens (tertiary/aromatic N) is 1. The number of carbonyl (C=O) groups is 1. The summed E-state index contributed by atoms with van der Waals surface area (Å²) in [6, 6.07) is 2.71. The van der Waals surface area contributed by atoms with E-state index in [4.69, 9.17) is 9.47 Å². The average Bonchev–Trinajstić information content (AvgIpc) is 2.86. The van der Waals surface area contributed by atoms with Crippen LogP contribution in [0.15, 0.2) is 29.6 Å². The second kappa shape index (κ2) is 7.65. The van der Waals surface area contributed by atoms with Gasteiger partial charge in [-0.05, 0) is 37.3 Å². The lowest BCUT2D eigenvalue weighted by atomic mass is 9.80. The van der Waals surface area contributed by atoms with Crippen molar-refractivity contribution in [3.8, 4) is 0 Å². The number of nitrogens with one attached hydrogen (secondary N) is 1. The SMILES string of the molecule is COC1CCC2(CC1)OC(=O)C(Cc1ccc(F)nc1)=C2NCC(F)F. The summed E-state index contributed by atoms with van der Waals surface area (Å²) in [7, 11) is 1.63. The van der Waals surface area contributed by atoms with Gasteiger partial charge >= 0.3 is 5.97 Å². The Hall–Kier alpha value is -2.09. The lowest BCUT2D eigenvalue weighted by molar-refractivity contribution is -0.151. The first-order valence-electron chi connectivity index (χ1n) is 8.56. The Balaban J connectivity index is 1.89. The van der Waals surface area contributed by atoms with Crippen LogP contribution in [0.4, 0.5) is 13.2 Å². The van der Waals surface area contributed by atoms with E-state index < -0.39 is 30.5 Å². The van der Waals surface area contributed by atoms with Gasteiger partial charge in [0, 0.05) is 19.7 Å². The number of halogens is 3. The topological polar surface area (TPSA) is 60.5 Å². The smallest absolute Gasteiger partial charge is 0.337 e. The molecule has 1 spiro atoms. The van der Waals surface area contributed by atoms with E-state index >= 15 is 0 Å². The molecule has 1 aliphatic carbocycles. The quantitative estimate of drug-likeness (QED) is 0.616. The molecular weight excluding hydrogens is 349 g/mol. The Morgan fingerprint density at radius 3 is 2.69 bits per heavy atom. The Bertz CT molecular complexity index is 683. The molecule has 0 saturated heterocycles. The lowest BCUT2D eigenvalue weighted by Gasteiger charge is -2.37. The monoisotopic (exact) mass is 370 g/mol. The van der Waals surface area contributed by atoms with E-state index in [9.17, 15) is 18.0 Å². The van der Waals surface area contributed by atoms with Crippen LogP contribution in [-0.4, -0.2) is 42.7 Å². The van der Waals surface area contributed by atoms with Gasteiger partial charge in [0.05, 0.1) is 23.9 Å². The number of alkyl halides is 2. The first-order valence-corrected chi connectivity index (χ1v) is 8.56. The highest BCUT2D eigenvalue weighted by molar-refractivity contribution is 5.93. The molecule has 2 aliphatic rings. The first kappa shape index (κ1) is 18.7. The number of esters is 1. The number of ether oxygens (including phenoxy) is 2. The molecule has 5 nitrogen and oxygen atoms in total. The van der Waals surface area contributed by atoms with Crippen LogP contribution >= 0.6 is 0 Å². The Kier molecular flexibility index (Phi) is 5.50. The summed E-state index contributed by atoms with van der Waals surface area (Å²) in [6.45, 7) is -0.563. The fourth-order valence-corrected chi connectivity index (χ4v) is 3.64. The van der Waals surface area contributed by atoms with Gasteiger partial charge in [-0.1, -0.05) is 6.07 Å². The molecule has 0 radical (unpaired) electrons. The Morgan fingerprint density at radius 2 is 2.12 bits per heavy atom. The predicted octanol–water partition coefficient (Wildman–Crippen LogP) is 2.76. The molecule has 1 saturated carbocycles. The van der Waals surface area contributed by atoms with Gasteiger partial charge in [-0.2, -0.15) is 4.39 Å². The summed E-state index contributed by atoms with van der Waals surface area (Å²) in [5.74, 6) is -1.15. The van der Waals surface area contributed by atoms with Crippen LogP contribution in [0.25, 0.3) is 0 Å². The number of carbonyl (C=O) groups excluding carboxylic acids is 1. The average molecular weight is 370 g/mol. The van der Waals surface area contributed by atoms with Crippen molar-refractivity contribution < 1.29 is 27.4 Å². The summed E-state index contributed by atoms with van der Waals surface area (Å²) in [5, 5.41) is 2.74. The van der Waals surface area contributed by atoms with Gasteiger partial charge in [0.2, 0.25) is 5.95 Å². The molecule has 0 aromatic carbocycles. The number of hydrogen-bond donors (Lipinski definition) is 1. The standard InChI is InChI=1S/C18H21F3N2O3/c1-25-12-4-6-18(7-5-12)16(23-10-14(19)20)13(17(24)26-18)8-11-2-3-15(21)22-9-11/h2-3,9,12,14,23H,4-8,10H2,1H3. The number of hydrogen-bond acceptors (Lipinski definition) is 5. The molecular formula is C18H21F3N2O3. The van der Waals surface area contributed by atoms with Crippen molar-refractivity contribution in [3.63, 3.8) is 0 Å². The highest BCUT2D eigenvalue weighted by Crippen LogP contribution is 2.44. The van der Waals surface area contributed by atoms with E-state index in [1.165, 1.54) is 18.3 Å². The van der Waals surface area contributed by atoms with E-state index in [1.54, 1.807) is 7.11 Å². The van der Waals surface area contributed by atoms with Crippen LogP contribution in [0.5, 0.6) is 0 Å². The van der Waals surface area contributed by atoms with Crippen molar-refractivity contribution in [1.29, 1.82) is 0 Å². The molecule has 2 heterocycles. The maximum atomic E-state index is 13.0. The van der Waals surface area contributed by atoms with Gasteiger partial charge < -0.3 is 14.8 Å². The van der Waals surface area contributed by atoms with E-state index in [0.29, 0.717) is 42.5 Å². The zero-order valence-electron chi connectivity index (χ0n) is 14.4. The zero-order valence-corrected chi connectivity index (χ0v) is 14.4. The van der Waals surface area contributed by atoms with Crippen LogP contribution in [0.2, 0.25) is 0 Å². The molecule has 26 heavy (non-hydrogen) atoms. The Labute approximate surface area is 149 Å². The van der Waals surface area contributed by atoms with Crippen LogP contribution in [0.3, 0.4) is 0 Å². The maximum Gasteiger partial charge on any atom is 0.337 e. The highest BCUT2D eigenvalue weighted by Gasteiger charge is 2.49. The normalized spacial score (nSPS) is 25.9. The van der Waals surface area contributed by atoms with Gasteiger partial charge in [-0.15, -0.1) is 0 Å². The van der Waals surface area contributed by atoms with Crippen LogP contribution < -0.4 is 5.32 Å². The molecule has 1 aliphatic heterocycles. The summed E-state index contributed by atoms with van der Waals surface area (Å²) < 4.78 is 49.6. The second-order valence-corrected chi connectivity index (χ2v) is 6.61. The fraction of sp³-hybridized carbons (Fsp3) is 0.556. The minimum absolute atomic E-state index is 0.0704. The second-order valence-electron chi connectivity index (χ2n) is 6.61. The molecule has 142 valence electrons. The van der Waals surface area contributed by atoms with Crippen molar-refractivity contribution in [3.05, 3.63) is 41.1 Å². The molecule has 0 bridgehead atoms. The van der Waals surface area contributed by atoms with Crippen molar-refractivity contribution in [2.24, 2.45) is 0 Å². The van der Waals surface area contributed by atoms with E-state index in [-0.39, 0.29) is 12.5 Å². The Morgan fingerprint density at radius 1 is 1.38 bits per heavy atom. The van der Waals surface area contributed by atoms with Crippen molar-refractivity contribution >= 4 is 5.97 Å². The first-order chi connectivity index (χ1) is 12.4. The van der Waals surface area contributed by atoms with E-state index in [2.05, 4.69) is 10.3 Å². The molecule has 0 unspecified atom stereocenters. The summed E-state index contributed by atoms with van der Waals surface area (Å²) in [5.41, 5.74) is 0.415. The van der Waals surface area contributed by atoms with Crippen molar-refractivity contribution in [2.45, 2.75) is 50.2 Å². The number of pyridine rings is 1. The maximum absolute atomic E-state index is 13.0. The lowest BCUT2D eigenvalue weighted by Crippen LogP contribution is -2.43. The largest absolute Gasteiger partial charge is 0.449 e. The third-order valence-electron chi connectivity index (χ3n) is 4.97. The van der Waals surface area contributed by atoms with Gasteiger partial charge in [0.15, 0.2) is 5.60 Å². The van der Waals surface area contributed by atoms with E-state index in [1.807, 2.05) is 0 Å². The molecule has 8 heteroatoms. The molecule has 0 atom stereocenters. The van der Waals surface area contributed by atoms with Gasteiger partial charge in [-0.3, -0.25) is 0 Å². The van der Waals surface area contributed by atoms with Crippen LogP contribution in [-0.2, 0) is 20.7 Å². The minimum atomic E-state index is -2.56. The van der Waals surface area contributed by atoms with Crippen LogP contribution in [0, 0.1) is 5.95 Å². The fourth-order valence-electron chi connectivity index (χ4n) is 3.64. The summed E-state index contributed by atoms with van der Waals surface area (Å²) >= 11 is 0. The number of aromatic nitrogens is 1. The molecule has 1 fully saturated rings. The van der Waals surface area contributed by atoms with Crippen molar-refractivity contribution in [2.75, 3.05) is 13.7 Å². The van der Waals surface area contributed by atoms with Crippen molar-refractivity contribution in [1.82, 2.24) is 10.3 Å². The third kappa shape index (κ3) is 3.85.